The summed E-state index contributed by atoms with van der Waals surface area (Å²) in [6.07, 6.45) is 7.35. The van der Waals surface area contributed by atoms with Gasteiger partial charge in [-0.1, -0.05) is 12.8 Å². The number of ether oxygens (including phenoxy) is 1. The van der Waals surface area contributed by atoms with Crippen LogP contribution in [0.25, 0.3) is 0 Å². The maximum absolute atomic E-state index is 6.12. The molecule has 3 nitrogen and oxygen atoms in total. The lowest BCUT2D eigenvalue weighted by molar-refractivity contribution is -0.0980. The number of hydrogen-bond acceptors (Lipinski definition) is 4. The van der Waals surface area contributed by atoms with Crippen molar-refractivity contribution in [2.75, 3.05) is 6.61 Å². The molecule has 0 radical (unpaired) electrons. The van der Waals surface area contributed by atoms with E-state index >= 15 is 0 Å². The molecule has 2 atom stereocenters. The van der Waals surface area contributed by atoms with Crippen molar-refractivity contribution in [3.05, 3.63) is 20.8 Å². The molecule has 1 spiro atoms. The molecule has 1 aliphatic carbocycles. The van der Waals surface area contributed by atoms with Crippen molar-refractivity contribution in [2.24, 2.45) is 11.8 Å². The van der Waals surface area contributed by atoms with Crippen LogP contribution >= 0.6 is 27.3 Å². The minimum absolute atomic E-state index is 0.159. The van der Waals surface area contributed by atoms with Crippen LogP contribution in [0.5, 0.6) is 0 Å². The SMILES string of the molecule is NNC(c1ccc(Br)s1)C1CCOC2(CCCC2)C1. The zero-order valence-corrected chi connectivity index (χ0v) is 13.4. The molecule has 1 aromatic rings. The highest BCUT2D eigenvalue weighted by Gasteiger charge is 2.42. The second-order valence-corrected chi connectivity index (χ2v) is 8.27. The topological polar surface area (TPSA) is 47.3 Å². The normalized spacial score (nSPS) is 27.8. The van der Waals surface area contributed by atoms with Gasteiger partial charge in [-0.05, 0) is 59.7 Å². The summed E-state index contributed by atoms with van der Waals surface area (Å²) in [4.78, 5) is 1.33. The van der Waals surface area contributed by atoms with Gasteiger partial charge >= 0.3 is 0 Å². The molecule has 2 unspecified atom stereocenters. The van der Waals surface area contributed by atoms with Gasteiger partial charge in [-0.3, -0.25) is 11.3 Å². The number of nitrogens with one attached hydrogen (secondary N) is 1. The molecule has 0 bridgehead atoms. The molecule has 0 aromatic carbocycles. The Labute approximate surface area is 127 Å². The van der Waals surface area contributed by atoms with Crippen LogP contribution in [0.1, 0.15) is 49.4 Å². The monoisotopic (exact) mass is 344 g/mol. The first-order chi connectivity index (χ1) is 9.22. The lowest BCUT2D eigenvalue weighted by atomic mass is 9.80. The Hall–Kier alpha value is 0.0600. The lowest BCUT2D eigenvalue weighted by Gasteiger charge is -2.41. The lowest BCUT2D eigenvalue weighted by Crippen LogP contribution is -2.43. The van der Waals surface area contributed by atoms with Crippen molar-refractivity contribution in [1.82, 2.24) is 5.43 Å². The molecule has 1 saturated heterocycles. The van der Waals surface area contributed by atoms with Crippen LogP contribution < -0.4 is 11.3 Å². The molecule has 1 aliphatic heterocycles. The maximum Gasteiger partial charge on any atom is 0.0702 e. The summed E-state index contributed by atoms with van der Waals surface area (Å²) in [5.74, 6) is 6.42. The molecule has 0 amide bonds. The largest absolute Gasteiger partial charge is 0.375 e. The van der Waals surface area contributed by atoms with Gasteiger partial charge in [0.2, 0.25) is 0 Å². The number of hydrogen-bond donors (Lipinski definition) is 2. The highest BCUT2D eigenvalue weighted by atomic mass is 79.9. The highest BCUT2D eigenvalue weighted by molar-refractivity contribution is 9.11. The van der Waals surface area contributed by atoms with Gasteiger partial charge < -0.3 is 4.74 Å². The van der Waals surface area contributed by atoms with Gasteiger partial charge in [0, 0.05) is 11.5 Å². The summed E-state index contributed by atoms with van der Waals surface area (Å²) < 4.78 is 7.29. The van der Waals surface area contributed by atoms with Crippen LogP contribution in [0.2, 0.25) is 0 Å². The van der Waals surface area contributed by atoms with E-state index in [0.29, 0.717) is 5.92 Å². The van der Waals surface area contributed by atoms with Crippen LogP contribution in [0.4, 0.5) is 0 Å². The van der Waals surface area contributed by atoms with Crippen molar-refractivity contribution in [2.45, 2.75) is 50.2 Å². The average molecular weight is 345 g/mol. The van der Waals surface area contributed by atoms with Crippen molar-refractivity contribution >= 4 is 27.3 Å². The van der Waals surface area contributed by atoms with Gasteiger partial charge in [0.05, 0.1) is 15.4 Å². The van der Waals surface area contributed by atoms with E-state index in [1.54, 1.807) is 11.3 Å². The van der Waals surface area contributed by atoms with Crippen molar-refractivity contribution in [1.29, 1.82) is 0 Å². The second-order valence-electron chi connectivity index (χ2n) is 5.78. The molecule has 5 heteroatoms. The Kier molecular flexibility index (Phi) is 4.29. The van der Waals surface area contributed by atoms with E-state index in [9.17, 15) is 0 Å². The first-order valence-corrected chi connectivity index (χ1v) is 8.69. The second kappa shape index (κ2) is 5.82. The first kappa shape index (κ1) is 14.0. The summed E-state index contributed by atoms with van der Waals surface area (Å²) >= 11 is 5.32. The van der Waals surface area contributed by atoms with E-state index < -0.39 is 0 Å². The van der Waals surface area contributed by atoms with E-state index in [1.165, 1.54) is 34.3 Å². The fraction of sp³-hybridized carbons (Fsp3) is 0.714. The van der Waals surface area contributed by atoms with Gasteiger partial charge in [0.25, 0.3) is 0 Å². The predicted octanol–water partition coefficient (Wildman–Crippen LogP) is 3.75. The Bertz CT molecular complexity index is 431. The number of nitrogens with two attached hydrogens (primary N) is 1. The quantitative estimate of drug-likeness (QED) is 0.648. The third kappa shape index (κ3) is 2.90. The number of hydrazine groups is 1. The van der Waals surface area contributed by atoms with Crippen LogP contribution in [0, 0.1) is 5.92 Å². The maximum atomic E-state index is 6.12. The Morgan fingerprint density at radius 1 is 1.42 bits per heavy atom. The van der Waals surface area contributed by atoms with Crippen molar-refractivity contribution in [3.63, 3.8) is 0 Å². The molecule has 106 valence electrons. The van der Waals surface area contributed by atoms with Crippen LogP contribution in [0.3, 0.4) is 0 Å². The first-order valence-electron chi connectivity index (χ1n) is 7.08. The molecule has 3 rings (SSSR count). The summed E-state index contributed by atoms with van der Waals surface area (Å²) in [6.45, 7) is 0.884. The molecule has 2 fully saturated rings. The molecular weight excluding hydrogens is 324 g/mol. The van der Waals surface area contributed by atoms with Crippen molar-refractivity contribution < 1.29 is 4.74 Å². The smallest absolute Gasteiger partial charge is 0.0702 e. The summed E-state index contributed by atoms with van der Waals surface area (Å²) in [7, 11) is 0. The van der Waals surface area contributed by atoms with Gasteiger partial charge in [0.1, 0.15) is 0 Å². The van der Waals surface area contributed by atoms with E-state index in [-0.39, 0.29) is 11.6 Å². The van der Waals surface area contributed by atoms with Crippen molar-refractivity contribution in [3.8, 4) is 0 Å². The van der Waals surface area contributed by atoms with Gasteiger partial charge in [-0.15, -0.1) is 11.3 Å². The van der Waals surface area contributed by atoms with Gasteiger partial charge in [-0.2, -0.15) is 0 Å². The Morgan fingerprint density at radius 3 is 2.84 bits per heavy atom. The molecule has 2 heterocycles. The van der Waals surface area contributed by atoms with E-state index in [1.807, 2.05) is 0 Å². The van der Waals surface area contributed by atoms with Gasteiger partial charge in [0.15, 0.2) is 0 Å². The third-order valence-corrected chi connectivity index (χ3v) is 6.30. The fourth-order valence-electron chi connectivity index (χ4n) is 3.66. The standard InChI is InChI=1S/C14H21BrN2OS/c15-12-4-3-11(19-12)13(17-16)10-5-8-18-14(9-10)6-1-2-7-14/h3-4,10,13,17H,1-2,5-9,16H2. The number of halogens is 1. The van der Waals surface area contributed by atoms with E-state index in [4.69, 9.17) is 10.6 Å². The van der Waals surface area contributed by atoms with E-state index in [2.05, 4.69) is 33.5 Å². The molecule has 3 N–H and O–H groups in total. The highest BCUT2D eigenvalue weighted by Crippen LogP contribution is 2.46. The zero-order chi connectivity index (χ0) is 13.3. The van der Waals surface area contributed by atoms with Crippen LogP contribution in [-0.4, -0.2) is 12.2 Å². The number of thiophene rings is 1. The minimum atomic E-state index is 0.159. The Morgan fingerprint density at radius 2 is 2.21 bits per heavy atom. The van der Waals surface area contributed by atoms with E-state index in [0.717, 1.165) is 19.4 Å². The Balaban J connectivity index is 1.76. The summed E-state index contributed by atoms with van der Waals surface area (Å²) in [5.41, 5.74) is 3.20. The van der Waals surface area contributed by atoms with Crippen LogP contribution in [-0.2, 0) is 4.74 Å². The molecule has 19 heavy (non-hydrogen) atoms. The zero-order valence-electron chi connectivity index (χ0n) is 11.0. The number of rotatable bonds is 3. The molecule has 2 aliphatic rings. The predicted molar refractivity (Wildman–Crippen MR) is 82.0 cm³/mol. The molecule has 1 saturated carbocycles. The minimum Gasteiger partial charge on any atom is -0.375 e. The molecular formula is C14H21BrN2OS. The van der Waals surface area contributed by atoms with Gasteiger partial charge in [-0.25, -0.2) is 0 Å². The fourth-order valence-corrected chi connectivity index (χ4v) is 5.24. The summed E-state index contributed by atoms with van der Waals surface area (Å²) in [5, 5.41) is 0. The van der Waals surface area contributed by atoms with Crippen LogP contribution in [0.15, 0.2) is 15.9 Å². The third-order valence-electron chi connectivity index (χ3n) is 4.60. The average Bonchev–Trinajstić information content (AvgIpc) is 3.01. The molecule has 1 aromatic heterocycles. The summed E-state index contributed by atoms with van der Waals surface area (Å²) in [6, 6.07) is 4.54.